The van der Waals surface area contributed by atoms with Gasteiger partial charge in [-0.3, -0.25) is 0 Å². The standard InChI is InChI=1S/C23H25ClN6O2S/c24-19-17(3-6-27-21(19)26)33-18-11-28-22(16(12-31)29-18)30-7-4-23(5-8-30)10-13-1-2-14(32)9-15(13)20(23)25/h1-3,6,9,11,20,31-32H,4-5,7-8,10,12,25H2,(H2,26,27)/t20-/m1/s1. The van der Waals surface area contributed by atoms with Crippen molar-refractivity contribution < 1.29 is 10.2 Å². The molecule has 3 heterocycles. The third kappa shape index (κ3) is 3.99. The topological polar surface area (TPSA) is 134 Å². The van der Waals surface area contributed by atoms with E-state index in [0.29, 0.717) is 21.6 Å². The smallest absolute Gasteiger partial charge is 0.152 e. The second-order valence-electron chi connectivity index (χ2n) is 8.63. The summed E-state index contributed by atoms with van der Waals surface area (Å²) in [6.45, 7) is 1.33. The van der Waals surface area contributed by atoms with Crippen LogP contribution in [0.2, 0.25) is 5.02 Å². The molecule has 2 aliphatic rings. The zero-order chi connectivity index (χ0) is 23.2. The van der Waals surface area contributed by atoms with E-state index >= 15 is 0 Å². The van der Waals surface area contributed by atoms with E-state index < -0.39 is 0 Å². The molecule has 8 nitrogen and oxygen atoms in total. The van der Waals surface area contributed by atoms with Gasteiger partial charge >= 0.3 is 0 Å². The number of nitrogens with two attached hydrogens (primary N) is 2. The maximum Gasteiger partial charge on any atom is 0.152 e. The van der Waals surface area contributed by atoms with Crippen molar-refractivity contribution in [1.29, 1.82) is 0 Å². The van der Waals surface area contributed by atoms with Crippen LogP contribution in [0.4, 0.5) is 11.6 Å². The summed E-state index contributed by atoms with van der Waals surface area (Å²) in [6, 6.07) is 7.19. The van der Waals surface area contributed by atoms with Gasteiger partial charge in [0.2, 0.25) is 0 Å². The van der Waals surface area contributed by atoms with E-state index in [0.717, 1.165) is 42.8 Å². The highest BCUT2D eigenvalue weighted by molar-refractivity contribution is 7.99. The summed E-state index contributed by atoms with van der Waals surface area (Å²) in [5.41, 5.74) is 15.2. The van der Waals surface area contributed by atoms with Gasteiger partial charge in [-0.1, -0.05) is 29.4 Å². The normalized spacial score (nSPS) is 19.1. The quantitative estimate of drug-likeness (QED) is 0.439. The lowest BCUT2D eigenvalue weighted by Crippen LogP contribution is -2.45. The highest BCUT2D eigenvalue weighted by Gasteiger charge is 2.46. The predicted octanol–water partition coefficient (Wildman–Crippen LogP) is 3.30. The fourth-order valence-corrected chi connectivity index (χ4v) is 6.00. The predicted molar refractivity (Wildman–Crippen MR) is 128 cm³/mol. The lowest BCUT2D eigenvalue weighted by Gasteiger charge is -2.42. The molecule has 5 rings (SSSR count). The van der Waals surface area contributed by atoms with E-state index in [9.17, 15) is 10.2 Å². The molecular weight excluding hydrogens is 460 g/mol. The molecular formula is C23H25ClN6O2S. The van der Waals surface area contributed by atoms with Gasteiger partial charge in [-0.05, 0) is 54.0 Å². The van der Waals surface area contributed by atoms with Crippen molar-refractivity contribution in [1.82, 2.24) is 15.0 Å². The number of aromatic hydroxyl groups is 1. The van der Waals surface area contributed by atoms with Crippen molar-refractivity contribution >= 4 is 35.0 Å². The van der Waals surface area contributed by atoms with Crippen molar-refractivity contribution in [3.8, 4) is 5.75 Å². The summed E-state index contributed by atoms with van der Waals surface area (Å²) in [6.07, 6.45) is 6.00. The Kier molecular flexibility index (Phi) is 5.82. The van der Waals surface area contributed by atoms with Gasteiger partial charge in [0.05, 0.1) is 17.8 Å². The van der Waals surface area contributed by atoms with Gasteiger partial charge in [0.15, 0.2) is 5.82 Å². The average molecular weight is 485 g/mol. The van der Waals surface area contributed by atoms with Crippen LogP contribution < -0.4 is 16.4 Å². The first kappa shape index (κ1) is 22.2. The number of aliphatic hydroxyl groups is 1. The molecule has 1 aliphatic heterocycles. The molecule has 10 heteroatoms. The van der Waals surface area contributed by atoms with Gasteiger partial charge in [-0.25, -0.2) is 15.0 Å². The van der Waals surface area contributed by atoms with E-state index in [1.54, 1.807) is 30.6 Å². The number of fused-ring (bicyclic) bond motifs is 1. The fraction of sp³-hybridized carbons (Fsp3) is 0.348. The number of nitrogens with zero attached hydrogens (tertiary/aromatic N) is 4. The minimum atomic E-state index is -0.213. The Balaban J connectivity index is 1.32. The van der Waals surface area contributed by atoms with Gasteiger partial charge in [-0.2, -0.15) is 0 Å². The van der Waals surface area contributed by atoms with Crippen LogP contribution in [0.1, 0.15) is 35.7 Å². The summed E-state index contributed by atoms with van der Waals surface area (Å²) in [7, 11) is 0. The number of halogens is 1. The molecule has 6 N–H and O–H groups in total. The second-order valence-corrected chi connectivity index (χ2v) is 10.1. The zero-order valence-electron chi connectivity index (χ0n) is 17.9. The van der Waals surface area contributed by atoms with Gasteiger partial charge in [-0.15, -0.1) is 0 Å². The lowest BCUT2D eigenvalue weighted by molar-refractivity contribution is 0.186. The van der Waals surface area contributed by atoms with Crippen LogP contribution in [-0.4, -0.2) is 38.3 Å². The van der Waals surface area contributed by atoms with Crippen molar-refractivity contribution in [3.63, 3.8) is 0 Å². The van der Waals surface area contributed by atoms with Gasteiger partial charge in [0, 0.05) is 30.2 Å². The zero-order valence-corrected chi connectivity index (χ0v) is 19.5. The molecule has 2 aromatic heterocycles. The number of piperidine rings is 1. The molecule has 1 aromatic carbocycles. The Morgan fingerprint density at radius 3 is 2.76 bits per heavy atom. The molecule has 1 aliphatic carbocycles. The van der Waals surface area contributed by atoms with E-state index in [2.05, 4.69) is 19.9 Å². The maximum atomic E-state index is 9.99. The van der Waals surface area contributed by atoms with Crippen molar-refractivity contribution in [3.05, 3.63) is 58.5 Å². The first-order valence-corrected chi connectivity index (χ1v) is 12.0. The molecule has 1 fully saturated rings. The summed E-state index contributed by atoms with van der Waals surface area (Å²) < 4.78 is 0. The van der Waals surface area contributed by atoms with Crippen LogP contribution in [0, 0.1) is 5.41 Å². The summed E-state index contributed by atoms with van der Waals surface area (Å²) in [5, 5.41) is 20.9. The SMILES string of the molecule is Nc1nccc(Sc2cnc(N3CCC4(CC3)Cc3ccc(O)cc3[C@H]4N)c(CO)n2)c1Cl. The van der Waals surface area contributed by atoms with Gasteiger partial charge in [0.25, 0.3) is 0 Å². The number of phenolic OH excluding ortho intramolecular Hbond substituents is 1. The maximum absolute atomic E-state index is 9.99. The Labute approximate surface area is 201 Å². The first-order chi connectivity index (χ1) is 15.9. The number of anilines is 2. The summed E-state index contributed by atoms with van der Waals surface area (Å²) in [5.74, 6) is 1.22. The minimum absolute atomic E-state index is 0.0206. The fourth-order valence-electron chi connectivity index (χ4n) is 4.96. The largest absolute Gasteiger partial charge is 0.508 e. The Morgan fingerprint density at radius 1 is 1.21 bits per heavy atom. The third-order valence-corrected chi connectivity index (χ3v) is 8.25. The highest BCUT2D eigenvalue weighted by Crippen LogP contribution is 2.51. The number of pyridine rings is 1. The van der Waals surface area contributed by atoms with Crippen molar-refractivity contribution in [2.75, 3.05) is 23.7 Å². The first-order valence-electron chi connectivity index (χ1n) is 10.8. The molecule has 0 bridgehead atoms. The number of phenols is 1. The highest BCUT2D eigenvalue weighted by atomic mass is 35.5. The summed E-state index contributed by atoms with van der Waals surface area (Å²) >= 11 is 7.58. The van der Waals surface area contributed by atoms with Crippen LogP contribution in [0.3, 0.4) is 0 Å². The molecule has 0 saturated carbocycles. The molecule has 1 spiro atoms. The van der Waals surface area contributed by atoms with E-state index in [1.165, 1.54) is 17.3 Å². The molecule has 1 saturated heterocycles. The Morgan fingerprint density at radius 2 is 2.00 bits per heavy atom. The number of nitrogen functional groups attached to an aromatic ring is 1. The molecule has 33 heavy (non-hydrogen) atoms. The van der Waals surface area contributed by atoms with Gasteiger partial charge < -0.3 is 26.6 Å². The molecule has 0 amide bonds. The number of aromatic nitrogens is 3. The molecule has 0 unspecified atom stereocenters. The van der Waals surface area contributed by atoms with Crippen molar-refractivity contribution in [2.45, 2.75) is 41.8 Å². The monoisotopic (exact) mass is 484 g/mol. The van der Waals surface area contributed by atoms with E-state index in [-0.39, 0.29) is 29.6 Å². The van der Waals surface area contributed by atoms with Crippen LogP contribution in [0.15, 0.2) is 46.6 Å². The lowest BCUT2D eigenvalue weighted by atomic mass is 9.73. The third-order valence-electron chi connectivity index (χ3n) is 6.77. The number of rotatable bonds is 4. The van der Waals surface area contributed by atoms with Gasteiger partial charge in [0.1, 0.15) is 22.3 Å². The molecule has 3 aromatic rings. The number of aliphatic hydroxyl groups excluding tert-OH is 1. The van der Waals surface area contributed by atoms with Crippen LogP contribution in [0.5, 0.6) is 5.75 Å². The van der Waals surface area contributed by atoms with Crippen LogP contribution in [0.25, 0.3) is 0 Å². The second kappa shape index (κ2) is 8.64. The van der Waals surface area contributed by atoms with E-state index in [1.807, 2.05) is 6.07 Å². The Hall–Kier alpha value is -2.59. The molecule has 172 valence electrons. The Bertz CT molecular complexity index is 1200. The minimum Gasteiger partial charge on any atom is -0.508 e. The van der Waals surface area contributed by atoms with Crippen LogP contribution >= 0.6 is 23.4 Å². The van der Waals surface area contributed by atoms with Crippen molar-refractivity contribution in [2.24, 2.45) is 11.1 Å². The van der Waals surface area contributed by atoms with Crippen LogP contribution in [-0.2, 0) is 13.0 Å². The molecule has 0 radical (unpaired) electrons. The summed E-state index contributed by atoms with van der Waals surface area (Å²) in [4.78, 5) is 16.1. The van der Waals surface area contributed by atoms with E-state index in [4.69, 9.17) is 23.1 Å². The number of hydrogen-bond acceptors (Lipinski definition) is 9. The number of benzene rings is 1. The number of hydrogen-bond donors (Lipinski definition) is 4. The molecule has 1 atom stereocenters. The average Bonchev–Trinajstić information content (AvgIpc) is 3.08.